The number of ether oxygens (including phenoxy) is 2. The summed E-state index contributed by atoms with van der Waals surface area (Å²) in [5, 5.41) is 18.0. The maximum atomic E-state index is 8.99. The van der Waals surface area contributed by atoms with Gasteiger partial charge in [-0.15, -0.1) is 9.98 Å². The van der Waals surface area contributed by atoms with Crippen LogP contribution in [-0.4, -0.2) is 83.6 Å². The smallest absolute Gasteiger partial charge is 0.209 e. The Hall–Kier alpha value is -3.88. The highest BCUT2D eigenvalue weighted by molar-refractivity contribution is 7.98. The summed E-state index contributed by atoms with van der Waals surface area (Å²) in [7, 11) is 3.25. The largest absolute Gasteiger partial charge is 0.495 e. The fourth-order valence-corrected chi connectivity index (χ4v) is 5.31. The van der Waals surface area contributed by atoms with Gasteiger partial charge in [0.2, 0.25) is 24.3 Å². The first-order chi connectivity index (χ1) is 19.0. The maximum Gasteiger partial charge on any atom is 0.209 e. The van der Waals surface area contributed by atoms with Gasteiger partial charge in [-0.25, -0.2) is 0 Å². The first-order valence-corrected chi connectivity index (χ1v) is 14.4. The average Bonchev–Trinajstić information content (AvgIpc) is 2.95. The SMILES string of the molecule is COc1cccnc1CSCCN(CCCN(CCSCc1ncccc1OC)C(N)=NC#N)C(N)=NC#N. The monoisotopic (exact) mass is 570 g/mol. The number of nitriles is 2. The molecule has 0 saturated heterocycles. The van der Waals surface area contributed by atoms with Crippen molar-refractivity contribution in [2.75, 3.05) is 51.9 Å². The molecule has 0 radical (unpaired) electrons. The Labute approximate surface area is 238 Å². The Bertz CT molecular complexity index is 1080. The topological polar surface area (TPSA) is 175 Å². The predicted molar refractivity (Wildman–Crippen MR) is 156 cm³/mol. The number of hydrogen-bond donors (Lipinski definition) is 2. The summed E-state index contributed by atoms with van der Waals surface area (Å²) in [5.41, 5.74) is 13.9. The Kier molecular flexibility index (Phi) is 14.8. The second-order valence-electron chi connectivity index (χ2n) is 7.88. The Balaban J connectivity index is 1.87. The minimum atomic E-state index is 0.165. The van der Waals surface area contributed by atoms with Gasteiger partial charge in [0.25, 0.3) is 0 Å². The van der Waals surface area contributed by atoms with Crippen LogP contribution in [0.25, 0.3) is 0 Å². The van der Waals surface area contributed by atoms with E-state index < -0.39 is 0 Å². The van der Waals surface area contributed by atoms with Gasteiger partial charge in [0.15, 0.2) is 0 Å². The number of pyridine rings is 2. The third kappa shape index (κ3) is 11.2. The van der Waals surface area contributed by atoms with Crippen LogP contribution in [0.15, 0.2) is 46.6 Å². The summed E-state index contributed by atoms with van der Waals surface area (Å²) >= 11 is 3.37. The second kappa shape index (κ2) is 18.4. The zero-order valence-electron chi connectivity index (χ0n) is 22.2. The van der Waals surface area contributed by atoms with Gasteiger partial charge in [-0.2, -0.15) is 34.0 Å². The Morgan fingerprint density at radius 2 is 1.26 bits per heavy atom. The van der Waals surface area contributed by atoms with Crippen molar-refractivity contribution in [2.45, 2.75) is 17.9 Å². The van der Waals surface area contributed by atoms with Gasteiger partial charge in [0.05, 0.1) is 25.6 Å². The molecule has 39 heavy (non-hydrogen) atoms. The molecule has 2 rings (SSSR count). The van der Waals surface area contributed by atoms with Crippen molar-refractivity contribution in [2.24, 2.45) is 21.5 Å². The summed E-state index contributed by atoms with van der Waals surface area (Å²) in [6.07, 6.45) is 7.66. The average molecular weight is 571 g/mol. The first-order valence-electron chi connectivity index (χ1n) is 12.1. The Morgan fingerprint density at radius 1 is 0.821 bits per heavy atom. The minimum absolute atomic E-state index is 0.165. The normalized spacial score (nSPS) is 11.4. The maximum absolute atomic E-state index is 8.99. The van der Waals surface area contributed by atoms with Gasteiger partial charge in [0, 0.05) is 61.6 Å². The molecule has 2 aromatic rings. The van der Waals surface area contributed by atoms with Gasteiger partial charge in [-0.3, -0.25) is 9.97 Å². The molecule has 4 N–H and O–H groups in total. The molecule has 12 nitrogen and oxygen atoms in total. The van der Waals surface area contributed by atoms with E-state index in [1.54, 1.807) is 62.5 Å². The van der Waals surface area contributed by atoms with Crippen LogP contribution in [0.4, 0.5) is 0 Å². The molecule has 0 spiro atoms. The van der Waals surface area contributed by atoms with E-state index >= 15 is 0 Å². The van der Waals surface area contributed by atoms with E-state index in [2.05, 4.69) is 20.0 Å². The lowest BCUT2D eigenvalue weighted by atomic mass is 10.3. The van der Waals surface area contributed by atoms with E-state index in [1.165, 1.54) is 0 Å². The van der Waals surface area contributed by atoms with Crippen LogP contribution in [-0.2, 0) is 11.5 Å². The highest BCUT2D eigenvalue weighted by atomic mass is 32.2. The van der Waals surface area contributed by atoms with E-state index in [0.29, 0.717) is 44.1 Å². The molecule has 0 bridgehead atoms. The second-order valence-corrected chi connectivity index (χ2v) is 10.1. The number of hydrogen-bond acceptors (Lipinski definition) is 10. The zero-order valence-corrected chi connectivity index (χ0v) is 23.8. The number of guanidine groups is 2. The molecule has 2 heterocycles. The predicted octanol–water partition coefficient (Wildman–Crippen LogP) is 2.25. The quantitative estimate of drug-likeness (QED) is 0.130. The minimum Gasteiger partial charge on any atom is -0.495 e. The zero-order chi connectivity index (χ0) is 28.3. The van der Waals surface area contributed by atoms with Gasteiger partial charge in [-0.1, -0.05) is 0 Å². The van der Waals surface area contributed by atoms with Gasteiger partial charge in [-0.05, 0) is 30.7 Å². The number of rotatable bonds is 16. The number of nitrogens with two attached hydrogens (primary N) is 2. The van der Waals surface area contributed by atoms with Crippen LogP contribution >= 0.6 is 23.5 Å². The van der Waals surface area contributed by atoms with Crippen molar-refractivity contribution < 1.29 is 9.47 Å². The van der Waals surface area contributed by atoms with Crippen LogP contribution in [0.3, 0.4) is 0 Å². The summed E-state index contributed by atoms with van der Waals surface area (Å²) in [6.45, 7) is 2.30. The molecule has 2 aromatic heterocycles. The van der Waals surface area contributed by atoms with Crippen LogP contribution in [0.2, 0.25) is 0 Å². The summed E-state index contributed by atoms with van der Waals surface area (Å²) < 4.78 is 10.7. The first kappa shape index (κ1) is 31.3. The van der Waals surface area contributed by atoms with Crippen LogP contribution in [0.1, 0.15) is 17.8 Å². The number of aromatic nitrogens is 2. The van der Waals surface area contributed by atoms with Crippen molar-refractivity contribution >= 4 is 35.4 Å². The van der Waals surface area contributed by atoms with Crippen molar-refractivity contribution in [3.05, 3.63) is 48.0 Å². The molecule has 0 unspecified atom stereocenters. The van der Waals surface area contributed by atoms with E-state index in [4.69, 9.17) is 31.5 Å². The molecule has 0 aromatic carbocycles. The molecule has 0 amide bonds. The standard InChI is InChI=1S/C25H34N10O2S2/c1-36-22-6-3-8-30-20(22)16-38-14-12-34(24(28)32-18-26)10-5-11-35(25(29)33-19-27)13-15-39-17-21-23(37-2)7-4-9-31-21/h3-4,6-9H,5,10-17H2,1-2H3,(H2,28,32)(H2,29,33). The highest BCUT2D eigenvalue weighted by Crippen LogP contribution is 2.21. The number of nitrogens with zero attached hydrogens (tertiary/aromatic N) is 8. The van der Waals surface area contributed by atoms with Crippen LogP contribution in [0.5, 0.6) is 11.5 Å². The van der Waals surface area contributed by atoms with E-state index in [0.717, 1.165) is 34.4 Å². The van der Waals surface area contributed by atoms with Crippen molar-refractivity contribution in [1.29, 1.82) is 10.5 Å². The van der Waals surface area contributed by atoms with E-state index in [1.807, 2.05) is 34.1 Å². The molecule has 0 saturated carbocycles. The number of methoxy groups -OCH3 is 2. The lowest BCUT2D eigenvalue weighted by Gasteiger charge is -2.26. The molecule has 0 aliphatic rings. The molecule has 14 heteroatoms. The third-order valence-electron chi connectivity index (χ3n) is 5.46. The summed E-state index contributed by atoms with van der Waals surface area (Å²) in [4.78, 5) is 19.9. The highest BCUT2D eigenvalue weighted by Gasteiger charge is 2.13. The van der Waals surface area contributed by atoms with Crippen molar-refractivity contribution in [3.8, 4) is 23.9 Å². The van der Waals surface area contributed by atoms with Gasteiger partial charge >= 0.3 is 0 Å². The molecule has 0 atom stereocenters. The number of thioether (sulfide) groups is 2. The number of aliphatic imine (C=N–C) groups is 2. The van der Waals surface area contributed by atoms with Gasteiger partial charge in [0.1, 0.15) is 11.5 Å². The third-order valence-corrected chi connectivity index (χ3v) is 7.36. The van der Waals surface area contributed by atoms with Crippen LogP contribution < -0.4 is 20.9 Å². The van der Waals surface area contributed by atoms with Crippen molar-refractivity contribution in [3.63, 3.8) is 0 Å². The fourth-order valence-electron chi connectivity index (χ4n) is 3.50. The van der Waals surface area contributed by atoms with Crippen molar-refractivity contribution in [1.82, 2.24) is 19.8 Å². The Morgan fingerprint density at radius 3 is 1.64 bits per heavy atom. The fraction of sp³-hybridized carbons (Fsp3) is 0.440. The molecular weight excluding hydrogens is 536 g/mol. The summed E-state index contributed by atoms with van der Waals surface area (Å²) in [5.74, 6) is 4.70. The lowest BCUT2D eigenvalue weighted by Crippen LogP contribution is -2.43. The van der Waals surface area contributed by atoms with Gasteiger partial charge < -0.3 is 30.7 Å². The molecule has 0 aliphatic carbocycles. The molecule has 0 aliphatic heterocycles. The molecular formula is C25H34N10O2S2. The molecule has 0 fully saturated rings. The lowest BCUT2D eigenvalue weighted by molar-refractivity contribution is 0.370. The molecule has 208 valence electrons. The van der Waals surface area contributed by atoms with E-state index in [-0.39, 0.29) is 11.9 Å². The van der Waals surface area contributed by atoms with Crippen LogP contribution in [0, 0.1) is 22.9 Å². The summed E-state index contributed by atoms with van der Waals surface area (Å²) in [6, 6.07) is 7.44. The van der Waals surface area contributed by atoms with E-state index in [9.17, 15) is 0 Å².